The van der Waals surface area contributed by atoms with Gasteiger partial charge in [0, 0.05) is 0 Å². The predicted octanol–water partition coefficient (Wildman–Crippen LogP) is 4.42. The van der Waals surface area contributed by atoms with Crippen molar-refractivity contribution in [1.29, 1.82) is 0 Å². The van der Waals surface area contributed by atoms with E-state index in [9.17, 15) is 0 Å². The average molecular weight is 280 g/mol. The molecular formula is C11H21I. The van der Waals surface area contributed by atoms with Gasteiger partial charge in [-0.2, -0.15) is 0 Å². The van der Waals surface area contributed by atoms with Gasteiger partial charge in [-0.1, -0.05) is 61.6 Å². The van der Waals surface area contributed by atoms with Gasteiger partial charge in [-0.25, -0.2) is 0 Å². The fourth-order valence-electron chi connectivity index (χ4n) is 2.35. The van der Waals surface area contributed by atoms with Gasteiger partial charge in [0.1, 0.15) is 0 Å². The molecule has 1 aliphatic carbocycles. The minimum Gasteiger partial charge on any atom is -0.0864 e. The first-order valence-electron chi connectivity index (χ1n) is 5.42. The second-order valence-corrected chi connectivity index (χ2v) is 5.24. The number of unbranched alkanes of at least 4 members (excludes halogenated alkanes) is 1. The Labute approximate surface area is 90.6 Å². The molecule has 2 unspecified atom stereocenters. The quantitative estimate of drug-likeness (QED) is 0.516. The molecule has 0 aromatic heterocycles. The molecule has 0 radical (unpaired) electrons. The lowest BCUT2D eigenvalue weighted by Gasteiger charge is -2.09. The molecular weight excluding hydrogens is 259 g/mol. The molecule has 12 heavy (non-hydrogen) atoms. The van der Waals surface area contributed by atoms with Crippen LogP contribution in [-0.2, 0) is 0 Å². The van der Waals surface area contributed by atoms with Crippen molar-refractivity contribution < 1.29 is 0 Å². The Bertz CT molecular complexity index is 112. The minimum atomic E-state index is 1.09. The molecule has 0 heterocycles. The van der Waals surface area contributed by atoms with E-state index in [1.165, 1.54) is 43.0 Å². The highest BCUT2D eigenvalue weighted by Crippen LogP contribution is 2.36. The van der Waals surface area contributed by atoms with Crippen LogP contribution in [0.4, 0.5) is 0 Å². The molecule has 1 aliphatic rings. The van der Waals surface area contributed by atoms with E-state index in [1.807, 2.05) is 0 Å². The molecule has 1 heteroatoms. The van der Waals surface area contributed by atoms with Crippen molar-refractivity contribution in [2.75, 3.05) is 4.43 Å². The van der Waals surface area contributed by atoms with Gasteiger partial charge in [-0.15, -0.1) is 0 Å². The van der Waals surface area contributed by atoms with Crippen LogP contribution in [0.2, 0.25) is 0 Å². The van der Waals surface area contributed by atoms with Gasteiger partial charge in [-0.05, 0) is 29.1 Å². The van der Waals surface area contributed by atoms with Crippen LogP contribution in [0.5, 0.6) is 0 Å². The molecule has 0 aromatic carbocycles. The van der Waals surface area contributed by atoms with E-state index >= 15 is 0 Å². The lowest BCUT2D eigenvalue weighted by molar-refractivity contribution is 0.446. The zero-order valence-corrected chi connectivity index (χ0v) is 10.3. The molecule has 72 valence electrons. The lowest BCUT2D eigenvalue weighted by Crippen LogP contribution is -1.97. The third-order valence-electron chi connectivity index (χ3n) is 3.13. The van der Waals surface area contributed by atoms with Crippen LogP contribution < -0.4 is 0 Å². The van der Waals surface area contributed by atoms with E-state index in [0.29, 0.717) is 0 Å². The van der Waals surface area contributed by atoms with Gasteiger partial charge in [0.2, 0.25) is 0 Å². The van der Waals surface area contributed by atoms with Crippen LogP contribution in [0.3, 0.4) is 0 Å². The molecule has 0 aliphatic heterocycles. The van der Waals surface area contributed by atoms with Gasteiger partial charge in [0.05, 0.1) is 0 Å². The molecule has 1 rings (SSSR count). The number of halogens is 1. The van der Waals surface area contributed by atoms with E-state index < -0.39 is 0 Å². The highest BCUT2D eigenvalue weighted by molar-refractivity contribution is 14.1. The van der Waals surface area contributed by atoms with Crippen molar-refractivity contribution in [3.05, 3.63) is 0 Å². The number of hydrogen-bond acceptors (Lipinski definition) is 0. The third-order valence-corrected chi connectivity index (χ3v) is 3.76. The van der Waals surface area contributed by atoms with Crippen molar-refractivity contribution in [3.63, 3.8) is 0 Å². The predicted molar refractivity (Wildman–Crippen MR) is 63.9 cm³/mol. The maximum Gasteiger partial charge on any atom is -0.000209 e. The first kappa shape index (κ1) is 10.8. The fraction of sp³-hybridized carbons (Fsp3) is 1.00. The summed E-state index contributed by atoms with van der Waals surface area (Å²) in [6, 6.07) is 0. The zero-order chi connectivity index (χ0) is 8.81. The van der Waals surface area contributed by atoms with E-state index in [-0.39, 0.29) is 0 Å². The summed E-state index contributed by atoms with van der Waals surface area (Å²) in [5, 5.41) is 0. The second-order valence-electron chi connectivity index (χ2n) is 4.16. The molecule has 0 nitrogen and oxygen atoms in total. The summed E-state index contributed by atoms with van der Waals surface area (Å²) >= 11 is 2.51. The van der Waals surface area contributed by atoms with Crippen LogP contribution in [0.25, 0.3) is 0 Å². The van der Waals surface area contributed by atoms with Crippen LogP contribution in [0.1, 0.15) is 51.9 Å². The topological polar surface area (TPSA) is 0 Å². The highest BCUT2D eigenvalue weighted by atomic mass is 127. The van der Waals surface area contributed by atoms with E-state index in [0.717, 1.165) is 11.8 Å². The summed E-state index contributed by atoms with van der Waals surface area (Å²) in [4.78, 5) is 0. The summed E-state index contributed by atoms with van der Waals surface area (Å²) in [5.41, 5.74) is 0. The Morgan fingerprint density at radius 1 is 1.17 bits per heavy atom. The van der Waals surface area contributed by atoms with E-state index in [4.69, 9.17) is 0 Å². The Kier molecular flexibility index (Phi) is 5.61. The lowest BCUT2D eigenvalue weighted by atomic mass is 9.98. The SMILES string of the molecule is CCCCC1CCC(CCI)C1. The van der Waals surface area contributed by atoms with Crippen LogP contribution >= 0.6 is 22.6 Å². The van der Waals surface area contributed by atoms with Crippen molar-refractivity contribution >= 4 is 22.6 Å². The van der Waals surface area contributed by atoms with Gasteiger partial charge in [0.25, 0.3) is 0 Å². The smallest absolute Gasteiger partial charge is 0.000209 e. The standard InChI is InChI=1S/C11H21I/c1-2-3-4-10-5-6-11(9-10)7-8-12/h10-11H,2-9H2,1H3. The van der Waals surface area contributed by atoms with E-state index in [2.05, 4.69) is 29.5 Å². The van der Waals surface area contributed by atoms with Crippen LogP contribution in [-0.4, -0.2) is 4.43 Å². The fourth-order valence-corrected chi connectivity index (χ4v) is 3.23. The molecule has 0 N–H and O–H groups in total. The molecule has 0 amide bonds. The maximum atomic E-state index is 2.51. The molecule has 0 bridgehead atoms. The second kappa shape index (κ2) is 6.22. The average Bonchev–Trinajstić information content (AvgIpc) is 2.50. The van der Waals surface area contributed by atoms with Gasteiger partial charge in [0.15, 0.2) is 0 Å². The first-order chi connectivity index (χ1) is 5.86. The van der Waals surface area contributed by atoms with Crippen LogP contribution in [0.15, 0.2) is 0 Å². The summed E-state index contributed by atoms with van der Waals surface area (Å²) in [6.07, 6.45) is 10.4. The first-order valence-corrected chi connectivity index (χ1v) is 6.95. The number of rotatable bonds is 5. The molecule has 1 fully saturated rings. The van der Waals surface area contributed by atoms with Crippen molar-refractivity contribution in [2.24, 2.45) is 11.8 Å². The number of alkyl halides is 1. The monoisotopic (exact) mass is 280 g/mol. The van der Waals surface area contributed by atoms with Gasteiger partial charge in [-0.3, -0.25) is 0 Å². The summed E-state index contributed by atoms with van der Waals surface area (Å²) in [6.45, 7) is 2.30. The van der Waals surface area contributed by atoms with Crippen molar-refractivity contribution in [1.82, 2.24) is 0 Å². The Hall–Kier alpha value is 0.730. The van der Waals surface area contributed by atoms with Crippen molar-refractivity contribution in [2.45, 2.75) is 51.9 Å². The highest BCUT2D eigenvalue weighted by Gasteiger charge is 2.22. The molecule has 1 saturated carbocycles. The largest absolute Gasteiger partial charge is 0.0864 e. The zero-order valence-electron chi connectivity index (χ0n) is 8.19. The molecule has 2 atom stereocenters. The minimum absolute atomic E-state index is 1.09. The van der Waals surface area contributed by atoms with Crippen LogP contribution in [0, 0.1) is 11.8 Å². The third kappa shape index (κ3) is 3.63. The molecule has 0 saturated heterocycles. The molecule has 0 aromatic rings. The normalized spacial score (nSPS) is 29.5. The van der Waals surface area contributed by atoms with Crippen molar-refractivity contribution in [3.8, 4) is 0 Å². The van der Waals surface area contributed by atoms with Gasteiger partial charge >= 0.3 is 0 Å². The molecule has 0 spiro atoms. The van der Waals surface area contributed by atoms with Gasteiger partial charge < -0.3 is 0 Å². The maximum absolute atomic E-state index is 2.51. The van der Waals surface area contributed by atoms with E-state index in [1.54, 1.807) is 6.42 Å². The summed E-state index contributed by atoms with van der Waals surface area (Å²) in [7, 11) is 0. The number of hydrogen-bond donors (Lipinski definition) is 0. The summed E-state index contributed by atoms with van der Waals surface area (Å²) in [5.74, 6) is 2.18. The Morgan fingerprint density at radius 2 is 1.83 bits per heavy atom. The Morgan fingerprint density at radius 3 is 2.42 bits per heavy atom. The Balaban J connectivity index is 2.08. The summed E-state index contributed by atoms with van der Waals surface area (Å²) < 4.78 is 1.36.